The van der Waals surface area contributed by atoms with Crippen molar-refractivity contribution < 1.29 is 4.79 Å². The summed E-state index contributed by atoms with van der Waals surface area (Å²) in [5.74, 6) is 0.119. The Morgan fingerprint density at radius 1 is 1.24 bits per heavy atom. The first-order valence-corrected chi connectivity index (χ1v) is 8.72. The molecule has 0 atom stereocenters. The van der Waals surface area contributed by atoms with E-state index in [-0.39, 0.29) is 11.7 Å². The van der Waals surface area contributed by atoms with Gasteiger partial charge in [-0.15, -0.1) is 5.10 Å². The zero-order valence-electron chi connectivity index (χ0n) is 14.2. The summed E-state index contributed by atoms with van der Waals surface area (Å²) in [5.41, 5.74) is 4.90. The van der Waals surface area contributed by atoms with Crippen molar-refractivity contribution in [1.29, 1.82) is 0 Å². The molecule has 1 amide bonds. The van der Waals surface area contributed by atoms with E-state index >= 15 is 0 Å². The molecule has 3 rings (SSSR count). The number of amides is 1. The fraction of sp³-hybridized carbons (Fsp3) is 0.235. The van der Waals surface area contributed by atoms with Gasteiger partial charge in [-0.3, -0.25) is 9.78 Å². The van der Waals surface area contributed by atoms with Crippen molar-refractivity contribution in [2.24, 2.45) is 0 Å². The first-order chi connectivity index (χ1) is 12.0. The Bertz CT molecular complexity index is 870. The summed E-state index contributed by atoms with van der Waals surface area (Å²) in [7, 11) is 0. The maximum absolute atomic E-state index is 12.3. The fourth-order valence-electron chi connectivity index (χ4n) is 2.59. The molecule has 0 spiro atoms. The number of nitrogens with one attached hydrogen (secondary N) is 1. The molecule has 0 saturated carbocycles. The van der Waals surface area contributed by atoms with Gasteiger partial charge in [0.15, 0.2) is 0 Å². The van der Waals surface area contributed by atoms with Crippen LogP contribution in [-0.4, -0.2) is 36.9 Å². The first kappa shape index (κ1) is 17.1. The molecule has 0 bridgehead atoms. The number of nitrogens with zero attached hydrogens (tertiary/aromatic N) is 5. The minimum atomic E-state index is -0.0965. The molecule has 0 aliphatic rings. The van der Waals surface area contributed by atoms with Gasteiger partial charge in [0, 0.05) is 11.9 Å². The van der Waals surface area contributed by atoms with Crippen LogP contribution in [0.4, 0.5) is 5.69 Å². The van der Waals surface area contributed by atoms with E-state index in [1.54, 1.807) is 23.1 Å². The van der Waals surface area contributed by atoms with Gasteiger partial charge in [-0.25, -0.2) is 0 Å². The van der Waals surface area contributed by atoms with Crippen LogP contribution >= 0.6 is 11.8 Å². The topological polar surface area (TPSA) is 85.6 Å². The largest absolute Gasteiger partial charge is 0.325 e. The van der Waals surface area contributed by atoms with Gasteiger partial charge in [0.2, 0.25) is 11.1 Å². The molecule has 0 aliphatic carbocycles. The summed E-state index contributed by atoms with van der Waals surface area (Å²) in [6, 6.07) is 7.77. The van der Waals surface area contributed by atoms with Crippen molar-refractivity contribution in [3.05, 3.63) is 53.3 Å². The molecule has 0 aliphatic heterocycles. The highest BCUT2D eigenvalue weighted by molar-refractivity contribution is 7.99. The van der Waals surface area contributed by atoms with Crippen molar-refractivity contribution in [3.63, 3.8) is 0 Å². The lowest BCUT2D eigenvalue weighted by Crippen LogP contribution is -2.16. The first-order valence-electron chi connectivity index (χ1n) is 7.74. The summed E-state index contributed by atoms with van der Waals surface area (Å²) >= 11 is 1.28. The van der Waals surface area contributed by atoms with Crippen LogP contribution in [0.5, 0.6) is 0 Å². The molecular formula is C17H18N6OS. The van der Waals surface area contributed by atoms with Crippen LogP contribution in [0.25, 0.3) is 5.69 Å². The van der Waals surface area contributed by atoms with Gasteiger partial charge < -0.3 is 5.32 Å². The molecular weight excluding hydrogens is 336 g/mol. The van der Waals surface area contributed by atoms with Crippen molar-refractivity contribution in [2.75, 3.05) is 11.1 Å². The highest BCUT2D eigenvalue weighted by Gasteiger charge is 2.13. The number of thioether (sulfide) groups is 1. The number of hydrogen-bond donors (Lipinski definition) is 1. The Labute approximate surface area is 149 Å². The number of carbonyl (C=O) groups is 1. The van der Waals surface area contributed by atoms with E-state index in [0.717, 1.165) is 22.5 Å². The van der Waals surface area contributed by atoms with Gasteiger partial charge in [0.1, 0.15) is 0 Å². The molecule has 2 aromatic heterocycles. The number of anilines is 1. The minimum Gasteiger partial charge on any atom is -0.325 e. The van der Waals surface area contributed by atoms with Gasteiger partial charge >= 0.3 is 0 Å². The third-order valence-corrected chi connectivity index (χ3v) is 4.52. The van der Waals surface area contributed by atoms with E-state index in [2.05, 4.69) is 38.0 Å². The third kappa shape index (κ3) is 4.03. The van der Waals surface area contributed by atoms with E-state index in [1.807, 2.05) is 26.8 Å². The van der Waals surface area contributed by atoms with E-state index in [1.165, 1.54) is 17.3 Å². The molecule has 25 heavy (non-hydrogen) atoms. The molecule has 0 radical (unpaired) electrons. The Morgan fingerprint density at radius 3 is 2.68 bits per heavy atom. The lowest BCUT2D eigenvalue weighted by atomic mass is 10.1. The molecule has 3 aromatic rings. The van der Waals surface area contributed by atoms with Crippen molar-refractivity contribution in [3.8, 4) is 5.69 Å². The quantitative estimate of drug-likeness (QED) is 0.709. The molecule has 1 N–H and O–H groups in total. The second kappa shape index (κ2) is 7.43. The predicted octanol–water partition coefficient (Wildman–Crippen LogP) is 2.71. The number of benzene rings is 1. The standard InChI is InChI=1S/C17H18N6OS/c1-11-7-12(2)16(13(3)8-11)19-15(24)10-25-17-20-21-22-23(17)14-5-4-6-18-9-14/h4-9H,10H2,1-3H3,(H,19,24). The lowest BCUT2D eigenvalue weighted by Gasteiger charge is -2.12. The normalized spacial score (nSPS) is 10.7. The molecule has 0 unspecified atom stereocenters. The van der Waals surface area contributed by atoms with Crippen LogP contribution < -0.4 is 5.32 Å². The van der Waals surface area contributed by atoms with Crippen molar-refractivity contribution in [2.45, 2.75) is 25.9 Å². The molecule has 7 nitrogen and oxygen atoms in total. The zero-order chi connectivity index (χ0) is 17.8. The Hall–Kier alpha value is -2.74. The van der Waals surface area contributed by atoms with Gasteiger partial charge in [0.05, 0.1) is 17.6 Å². The van der Waals surface area contributed by atoms with Crippen LogP contribution in [0.2, 0.25) is 0 Å². The summed E-state index contributed by atoms with van der Waals surface area (Å²) in [4.78, 5) is 16.4. The average Bonchev–Trinajstić information content (AvgIpc) is 3.05. The summed E-state index contributed by atoms with van der Waals surface area (Å²) in [5, 5.41) is 15.1. The predicted molar refractivity (Wildman–Crippen MR) is 97.0 cm³/mol. The lowest BCUT2D eigenvalue weighted by molar-refractivity contribution is -0.113. The van der Waals surface area contributed by atoms with Crippen LogP contribution in [-0.2, 0) is 4.79 Å². The van der Waals surface area contributed by atoms with Crippen molar-refractivity contribution >= 4 is 23.4 Å². The van der Waals surface area contributed by atoms with Gasteiger partial charge in [-0.2, -0.15) is 4.68 Å². The summed E-state index contributed by atoms with van der Waals surface area (Å²) < 4.78 is 1.56. The molecule has 1 aromatic carbocycles. The highest BCUT2D eigenvalue weighted by Crippen LogP contribution is 2.23. The maximum atomic E-state index is 12.3. The van der Waals surface area contributed by atoms with Gasteiger partial charge in [0.25, 0.3) is 0 Å². The third-order valence-electron chi connectivity index (χ3n) is 3.61. The van der Waals surface area contributed by atoms with E-state index < -0.39 is 0 Å². The number of carbonyl (C=O) groups excluding carboxylic acids is 1. The van der Waals surface area contributed by atoms with E-state index in [4.69, 9.17) is 0 Å². The maximum Gasteiger partial charge on any atom is 0.234 e. The van der Waals surface area contributed by atoms with Crippen molar-refractivity contribution in [1.82, 2.24) is 25.2 Å². The number of tetrazole rings is 1. The zero-order valence-corrected chi connectivity index (χ0v) is 15.0. The molecule has 8 heteroatoms. The van der Waals surface area contributed by atoms with Gasteiger partial charge in [-0.1, -0.05) is 29.5 Å². The Kier molecular flexibility index (Phi) is 5.08. The summed E-state index contributed by atoms with van der Waals surface area (Å²) in [6.07, 6.45) is 3.35. The van der Waals surface area contributed by atoms with Crippen LogP contribution in [0.1, 0.15) is 16.7 Å². The van der Waals surface area contributed by atoms with Crippen LogP contribution in [0, 0.1) is 20.8 Å². The highest BCUT2D eigenvalue weighted by atomic mass is 32.2. The second-order valence-electron chi connectivity index (χ2n) is 5.70. The molecule has 0 saturated heterocycles. The van der Waals surface area contributed by atoms with Gasteiger partial charge in [-0.05, 0) is 54.5 Å². The smallest absolute Gasteiger partial charge is 0.234 e. The summed E-state index contributed by atoms with van der Waals surface area (Å²) in [6.45, 7) is 6.02. The number of hydrogen-bond acceptors (Lipinski definition) is 6. The van der Waals surface area contributed by atoms with E-state index in [0.29, 0.717) is 5.16 Å². The minimum absolute atomic E-state index is 0.0965. The average molecular weight is 354 g/mol. The SMILES string of the molecule is Cc1cc(C)c(NC(=O)CSc2nnnn2-c2cccnc2)c(C)c1. The second-order valence-corrected chi connectivity index (χ2v) is 6.64. The molecule has 0 fully saturated rings. The Balaban J connectivity index is 1.67. The number of aromatic nitrogens is 5. The number of aryl methyl sites for hydroxylation is 3. The fourth-order valence-corrected chi connectivity index (χ4v) is 3.28. The van der Waals surface area contributed by atoms with Crippen LogP contribution in [0.15, 0.2) is 41.8 Å². The molecule has 128 valence electrons. The molecule has 2 heterocycles. The number of pyridine rings is 1. The monoisotopic (exact) mass is 354 g/mol. The van der Waals surface area contributed by atoms with E-state index in [9.17, 15) is 4.79 Å². The Morgan fingerprint density at radius 2 is 2.00 bits per heavy atom. The van der Waals surface area contributed by atoms with Crippen LogP contribution in [0.3, 0.4) is 0 Å². The number of rotatable bonds is 5.